The predicted molar refractivity (Wildman–Crippen MR) is 55.3 cm³/mol. The molecule has 0 amide bonds. The monoisotopic (exact) mass is 181 g/mol. The Balaban J connectivity index is 2.94. The quantitative estimate of drug-likeness (QED) is 0.551. The first-order valence-corrected chi connectivity index (χ1v) is 4.36. The van der Waals surface area contributed by atoms with Crippen LogP contribution in [0.5, 0.6) is 0 Å². The molecule has 0 saturated carbocycles. The predicted octanol–water partition coefficient (Wildman–Crippen LogP) is 2.83. The third-order valence-corrected chi connectivity index (χ3v) is 1.81. The van der Waals surface area contributed by atoms with E-state index < -0.39 is 0 Å². The lowest BCUT2D eigenvalue weighted by Gasteiger charge is -2.00. The molecule has 0 unspecified atom stereocenters. The summed E-state index contributed by atoms with van der Waals surface area (Å²) < 4.78 is 0. The maximum absolute atomic E-state index is 5.77. The molecule has 0 bridgehead atoms. The Morgan fingerprint density at radius 2 is 2.25 bits per heavy atom. The van der Waals surface area contributed by atoms with E-state index in [1.54, 1.807) is 0 Å². The molecule has 0 saturated heterocycles. The Labute approximate surface area is 77.8 Å². The van der Waals surface area contributed by atoms with E-state index in [9.17, 15) is 0 Å². The van der Waals surface area contributed by atoms with Gasteiger partial charge in [0.25, 0.3) is 0 Å². The summed E-state index contributed by atoms with van der Waals surface area (Å²) in [4.78, 5) is 0. The molecule has 0 aliphatic heterocycles. The molecule has 0 aliphatic carbocycles. The molecule has 2 N–H and O–H groups in total. The minimum Gasteiger partial charge on any atom is -0.398 e. The second-order valence-corrected chi connectivity index (χ2v) is 3.00. The highest BCUT2D eigenvalue weighted by atomic mass is 35.5. The number of nitrogens with two attached hydrogens (primary N) is 1. The van der Waals surface area contributed by atoms with Crippen LogP contribution in [0.15, 0.2) is 24.3 Å². The zero-order chi connectivity index (χ0) is 8.97. The van der Waals surface area contributed by atoms with Gasteiger partial charge in [0.2, 0.25) is 0 Å². The van der Waals surface area contributed by atoms with Crippen LogP contribution >= 0.6 is 11.6 Å². The highest BCUT2D eigenvalue weighted by molar-refractivity contribution is 6.19. The van der Waals surface area contributed by atoms with Gasteiger partial charge in [0.05, 0.1) is 0 Å². The van der Waals surface area contributed by atoms with Crippen molar-refractivity contribution in [2.75, 3.05) is 11.6 Å². The van der Waals surface area contributed by atoms with E-state index in [4.69, 9.17) is 17.3 Å². The zero-order valence-corrected chi connectivity index (χ0v) is 7.81. The lowest BCUT2D eigenvalue weighted by molar-refractivity contribution is 1.46. The normalized spacial score (nSPS) is 10.8. The number of halogens is 1. The van der Waals surface area contributed by atoms with Crippen molar-refractivity contribution >= 4 is 23.4 Å². The van der Waals surface area contributed by atoms with Gasteiger partial charge in [-0.2, -0.15) is 0 Å². The highest BCUT2D eigenvalue weighted by Crippen LogP contribution is 2.15. The molecular weight excluding hydrogens is 170 g/mol. The third-order valence-electron chi connectivity index (χ3n) is 1.63. The van der Waals surface area contributed by atoms with Gasteiger partial charge < -0.3 is 5.73 Å². The summed E-state index contributed by atoms with van der Waals surface area (Å²) in [7, 11) is 0. The van der Waals surface area contributed by atoms with E-state index in [1.807, 2.05) is 37.3 Å². The number of alkyl halides is 1. The number of rotatable bonds is 2. The molecule has 1 aromatic rings. The molecule has 0 spiro atoms. The van der Waals surface area contributed by atoms with Gasteiger partial charge in [0, 0.05) is 11.6 Å². The molecule has 12 heavy (non-hydrogen) atoms. The number of aryl methyl sites for hydroxylation is 1. The van der Waals surface area contributed by atoms with E-state index in [-0.39, 0.29) is 0 Å². The fourth-order valence-electron chi connectivity index (χ4n) is 1.02. The van der Waals surface area contributed by atoms with Crippen LogP contribution in [-0.4, -0.2) is 5.88 Å². The fraction of sp³-hybridized carbons (Fsp3) is 0.200. The minimum absolute atomic E-state index is 0.521. The van der Waals surface area contributed by atoms with E-state index in [0.717, 1.165) is 11.3 Å². The van der Waals surface area contributed by atoms with Crippen molar-refractivity contribution in [3.05, 3.63) is 35.4 Å². The standard InChI is InChI=1S/C10H12ClN/c1-8-4-5-9(3-2-6-11)10(12)7-8/h2-5,7H,6,12H2,1H3. The van der Waals surface area contributed by atoms with Crippen molar-refractivity contribution in [3.8, 4) is 0 Å². The summed E-state index contributed by atoms with van der Waals surface area (Å²) in [6, 6.07) is 5.98. The number of nitrogen functional groups attached to an aromatic ring is 1. The minimum atomic E-state index is 0.521. The number of allylic oxidation sites excluding steroid dienone is 1. The van der Waals surface area contributed by atoms with Crippen molar-refractivity contribution in [3.63, 3.8) is 0 Å². The molecule has 1 nitrogen and oxygen atoms in total. The molecule has 0 heterocycles. The largest absolute Gasteiger partial charge is 0.398 e. The van der Waals surface area contributed by atoms with Crippen molar-refractivity contribution < 1.29 is 0 Å². The van der Waals surface area contributed by atoms with Crippen LogP contribution in [0.4, 0.5) is 5.69 Å². The third kappa shape index (κ3) is 2.28. The summed E-state index contributed by atoms with van der Waals surface area (Å²) in [6.45, 7) is 2.02. The SMILES string of the molecule is Cc1ccc(C=CCCl)c(N)c1. The molecule has 2 heteroatoms. The van der Waals surface area contributed by atoms with E-state index in [0.29, 0.717) is 5.88 Å². The summed E-state index contributed by atoms with van der Waals surface area (Å²) in [5.74, 6) is 0.521. The zero-order valence-electron chi connectivity index (χ0n) is 7.05. The maximum Gasteiger partial charge on any atom is 0.0407 e. The van der Waals surface area contributed by atoms with Gasteiger partial charge >= 0.3 is 0 Å². The van der Waals surface area contributed by atoms with E-state index in [1.165, 1.54) is 5.56 Å². The van der Waals surface area contributed by atoms with E-state index >= 15 is 0 Å². The lowest BCUT2D eigenvalue weighted by Crippen LogP contribution is -1.89. The molecule has 1 aromatic carbocycles. The second-order valence-electron chi connectivity index (χ2n) is 2.69. The first-order valence-electron chi connectivity index (χ1n) is 3.82. The van der Waals surface area contributed by atoms with Crippen LogP contribution in [0.2, 0.25) is 0 Å². The molecule has 1 rings (SSSR count). The average Bonchev–Trinajstić information content (AvgIpc) is 2.03. The van der Waals surface area contributed by atoms with Crippen molar-refractivity contribution in [2.45, 2.75) is 6.92 Å². The Morgan fingerprint density at radius 3 is 2.83 bits per heavy atom. The van der Waals surface area contributed by atoms with Gasteiger partial charge in [0.1, 0.15) is 0 Å². The molecule has 0 aromatic heterocycles. The van der Waals surface area contributed by atoms with Crippen molar-refractivity contribution in [1.82, 2.24) is 0 Å². The topological polar surface area (TPSA) is 26.0 Å². The summed E-state index contributed by atoms with van der Waals surface area (Å²) in [6.07, 6.45) is 3.81. The second kappa shape index (κ2) is 4.17. The van der Waals surface area contributed by atoms with Crippen LogP contribution in [0.1, 0.15) is 11.1 Å². The lowest BCUT2D eigenvalue weighted by atomic mass is 10.1. The summed E-state index contributed by atoms with van der Waals surface area (Å²) in [5, 5.41) is 0. The molecule has 0 radical (unpaired) electrons. The van der Waals surface area contributed by atoms with Crippen LogP contribution in [-0.2, 0) is 0 Å². The van der Waals surface area contributed by atoms with Crippen LogP contribution in [0.25, 0.3) is 6.08 Å². The average molecular weight is 182 g/mol. The smallest absolute Gasteiger partial charge is 0.0407 e. The number of hydrogen-bond acceptors (Lipinski definition) is 1. The summed E-state index contributed by atoms with van der Waals surface area (Å²) in [5.41, 5.74) is 8.78. The number of hydrogen-bond donors (Lipinski definition) is 1. The van der Waals surface area contributed by atoms with E-state index in [2.05, 4.69) is 0 Å². The van der Waals surface area contributed by atoms with Crippen molar-refractivity contribution in [2.24, 2.45) is 0 Å². The van der Waals surface area contributed by atoms with Crippen LogP contribution < -0.4 is 5.73 Å². The number of anilines is 1. The van der Waals surface area contributed by atoms with Gasteiger partial charge in [-0.3, -0.25) is 0 Å². The molecular formula is C10H12ClN. The van der Waals surface area contributed by atoms with Gasteiger partial charge in [-0.15, -0.1) is 11.6 Å². The van der Waals surface area contributed by atoms with Crippen LogP contribution in [0.3, 0.4) is 0 Å². The summed E-state index contributed by atoms with van der Waals surface area (Å²) >= 11 is 5.51. The highest BCUT2D eigenvalue weighted by Gasteiger charge is 1.93. The first-order chi connectivity index (χ1) is 5.74. The molecule has 0 atom stereocenters. The van der Waals surface area contributed by atoms with Crippen molar-refractivity contribution in [1.29, 1.82) is 0 Å². The Bertz CT molecular complexity index is 292. The fourth-order valence-corrected chi connectivity index (χ4v) is 1.11. The van der Waals surface area contributed by atoms with Gasteiger partial charge in [-0.1, -0.05) is 24.3 Å². The van der Waals surface area contributed by atoms with Crippen LogP contribution in [0, 0.1) is 6.92 Å². The molecule has 64 valence electrons. The maximum atomic E-state index is 5.77. The van der Waals surface area contributed by atoms with Gasteiger partial charge in [-0.05, 0) is 24.1 Å². The molecule has 0 aliphatic rings. The molecule has 0 fully saturated rings. The Morgan fingerprint density at radius 1 is 1.50 bits per heavy atom. The first kappa shape index (κ1) is 9.14. The Kier molecular flexibility index (Phi) is 3.18. The number of benzene rings is 1. The Hall–Kier alpha value is -0.950. The van der Waals surface area contributed by atoms with Gasteiger partial charge in [-0.25, -0.2) is 0 Å². The van der Waals surface area contributed by atoms with Gasteiger partial charge in [0.15, 0.2) is 0 Å².